The smallest absolute Gasteiger partial charge is 0.241 e. The van der Waals surface area contributed by atoms with E-state index in [1.54, 1.807) is 25.7 Å². The Balaban J connectivity index is 2.27. The molecule has 1 saturated heterocycles. The van der Waals surface area contributed by atoms with Gasteiger partial charge in [0.15, 0.2) is 0 Å². The summed E-state index contributed by atoms with van der Waals surface area (Å²) in [6.45, 7) is 10.9. The van der Waals surface area contributed by atoms with E-state index in [1.165, 1.54) is 0 Å². The van der Waals surface area contributed by atoms with Crippen molar-refractivity contribution in [2.75, 3.05) is 26.3 Å². The summed E-state index contributed by atoms with van der Waals surface area (Å²) in [7, 11) is -3.78. The number of amides is 1. The molecule has 7 heteroatoms. The minimum Gasteiger partial charge on any atom is -0.378 e. The fourth-order valence-electron chi connectivity index (χ4n) is 2.98. The van der Waals surface area contributed by atoms with Crippen LogP contribution in [0.15, 0.2) is 11.0 Å². The van der Waals surface area contributed by atoms with Crippen LogP contribution >= 0.6 is 0 Å². The second kappa shape index (κ2) is 7.21. The van der Waals surface area contributed by atoms with Crippen molar-refractivity contribution in [2.24, 2.45) is 0 Å². The van der Waals surface area contributed by atoms with Gasteiger partial charge in [0, 0.05) is 13.1 Å². The van der Waals surface area contributed by atoms with Crippen molar-refractivity contribution in [1.29, 1.82) is 0 Å². The van der Waals surface area contributed by atoms with Gasteiger partial charge in [-0.2, -0.15) is 4.72 Å². The summed E-state index contributed by atoms with van der Waals surface area (Å²) in [4.78, 5) is 14.4. The van der Waals surface area contributed by atoms with Crippen molar-refractivity contribution in [3.63, 3.8) is 0 Å². The van der Waals surface area contributed by atoms with Gasteiger partial charge in [-0.15, -0.1) is 0 Å². The first-order valence-corrected chi connectivity index (χ1v) is 9.59. The summed E-state index contributed by atoms with van der Waals surface area (Å²) in [6.07, 6.45) is 0. The number of morpholine rings is 1. The van der Waals surface area contributed by atoms with E-state index in [1.807, 2.05) is 19.9 Å². The van der Waals surface area contributed by atoms with Gasteiger partial charge in [-0.3, -0.25) is 4.79 Å². The van der Waals surface area contributed by atoms with Crippen molar-refractivity contribution in [1.82, 2.24) is 9.62 Å². The monoisotopic (exact) mass is 354 g/mol. The van der Waals surface area contributed by atoms with E-state index in [9.17, 15) is 13.2 Å². The highest BCUT2D eigenvalue weighted by molar-refractivity contribution is 7.89. The molecule has 0 radical (unpaired) electrons. The molecule has 1 amide bonds. The molecule has 1 heterocycles. The molecule has 6 nitrogen and oxygen atoms in total. The van der Waals surface area contributed by atoms with Crippen LogP contribution in [0.3, 0.4) is 0 Å². The van der Waals surface area contributed by atoms with E-state index in [2.05, 4.69) is 4.72 Å². The van der Waals surface area contributed by atoms with Crippen molar-refractivity contribution >= 4 is 15.9 Å². The molecule has 134 valence electrons. The zero-order valence-electron chi connectivity index (χ0n) is 15.0. The Morgan fingerprint density at radius 3 is 2.12 bits per heavy atom. The Morgan fingerprint density at radius 2 is 1.62 bits per heavy atom. The molecule has 1 aliphatic rings. The highest BCUT2D eigenvalue weighted by atomic mass is 32.2. The van der Waals surface area contributed by atoms with Crippen molar-refractivity contribution in [3.05, 3.63) is 28.3 Å². The van der Waals surface area contributed by atoms with Crippen LogP contribution in [0, 0.1) is 27.7 Å². The molecule has 1 N–H and O–H groups in total. The number of sulfonamides is 1. The van der Waals surface area contributed by atoms with Crippen LogP contribution in [-0.2, 0) is 19.6 Å². The number of carbonyl (C=O) groups is 1. The van der Waals surface area contributed by atoms with Gasteiger partial charge in [0.05, 0.1) is 24.2 Å². The van der Waals surface area contributed by atoms with E-state index in [0.717, 1.165) is 22.3 Å². The maximum Gasteiger partial charge on any atom is 0.241 e. The second-order valence-electron chi connectivity index (χ2n) is 6.37. The van der Waals surface area contributed by atoms with Crippen LogP contribution in [0.1, 0.15) is 29.2 Å². The maximum atomic E-state index is 12.9. The van der Waals surface area contributed by atoms with Crippen LogP contribution in [0.2, 0.25) is 0 Å². The molecule has 1 fully saturated rings. The Kier molecular flexibility index (Phi) is 5.67. The van der Waals surface area contributed by atoms with Gasteiger partial charge in [0.1, 0.15) is 0 Å². The van der Waals surface area contributed by atoms with Gasteiger partial charge in [0.2, 0.25) is 15.9 Å². The normalized spacial score (nSPS) is 17.0. The van der Waals surface area contributed by atoms with E-state index in [-0.39, 0.29) is 10.8 Å². The first-order valence-electron chi connectivity index (χ1n) is 8.11. The van der Waals surface area contributed by atoms with Gasteiger partial charge in [-0.1, -0.05) is 6.07 Å². The SMILES string of the molecule is Cc1cc(C)c(C)c(S(=O)(=O)N[C@@H](C)C(=O)N2CCOCC2)c1C. The molecule has 24 heavy (non-hydrogen) atoms. The highest BCUT2D eigenvalue weighted by Crippen LogP contribution is 2.26. The summed E-state index contributed by atoms with van der Waals surface area (Å²) < 4.78 is 33.5. The summed E-state index contributed by atoms with van der Waals surface area (Å²) in [6, 6.07) is 1.17. The third-order valence-corrected chi connectivity index (χ3v) is 6.40. The average molecular weight is 354 g/mol. The number of ether oxygens (including phenoxy) is 1. The molecule has 1 atom stereocenters. The molecule has 0 unspecified atom stereocenters. The lowest BCUT2D eigenvalue weighted by Gasteiger charge is -2.29. The standard InChI is InChI=1S/C17H26N2O4S/c1-11-10-12(2)14(4)16(13(11)3)24(21,22)18-15(5)17(20)19-6-8-23-9-7-19/h10,15,18H,6-9H2,1-5H3/t15-/m0/s1. The zero-order chi connectivity index (χ0) is 18.1. The first kappa shape index (κ1) is 18.9. The van der Waals surface area contributed by atoms with Gasteiger partial charge in [0.25, 0.3) is 0 Å². The summed E-state index contributed by atoms with van der Waals surface area (Å²) in [5.74, 6) is -0.221. The number of rotatable bonds is 4. The predicted molar refractivity (Wildman–Crippen MR) is 92.6 cm³/mol. The maximum absolute atomic E-state index is 12.9. The molecular formula is C17H26N2O4S. The number of carbonyl (C=O) groups excluding carboxylic acids is 1. The number of nitrogens with zero attached hydrogens (tertiary/aromatic N) is 1. The quantitative estimate of drug-likeness (QED) is 0.888. The number of hydrogen-bond donors (Lipinski definition) is 1. The van der Waals surface area contributed by atoms with E-state index in [4.69, 9.17) is 4.74 Å². The van der Waals surface area contributed by atoms with Crippen LogP contribution in [-0.4, -0.2) is 51.6 Å². The molecule has 1 aromatic carbocycles. The Labute approximate surface area is 144 Å². The van der Waals surface area contributed by atoms with Crippen molar-refractivity contribution < 1.29 is 17.9 Å². The molecule has 0 saturated carbocycles. The number of benzene rings is 1. The average Bonchev–Trinajstić information content (AvgIpc) is 2.52. The number of hydrogen-bond acceptors (Lipinski definition) is 4. The lowest BCUT2D eigenvalue weighted by molar-refractivity contribution is -0.136. The zero-order valence-corrected chi connectivity index (χ0v) is 15.8. The van der Waals surface area contributed by atoms with Crippen LogP contribution in [0.4, 0.5) is 0 Å². The van der Waals surface area contributed by atoms with Gasteiger partial charge >= 0.3 is 0 Å². The molecule has 1 aliphatic heterocycles. The Bertz CT molecular complexity index is 711. The minimum absolute atomic E-state index is 0.221. The fraction of sp³-hybridized carbons (Fsp3) is 0.588. The van der Waals surface area contributed by atoms with Crippen LogP contribution in [0.25, 0.3) is 0 Å². The van der Waals surface area contributed by atoms with Crippen LogP contribution < -0.4 is 4.72 Å². The van der Waals surface area contributed by atoms with E-state index in [0.29, 0.717) is 26.3 Å². The lowest BCUT2D eigenvalue weighted by atomic mass is 10.0. The molecule has 0 bridgehead atoms. The number of nitrogens with one attached hydrogen (secondary N) is 1. The third kappa shape index (κ3) is 3.79. The van der Waals surface area contributed by atoms with Gasteiger partial charge < -0.3 is 9.64 Å². The second-order valence-corrected chi connectivity index (χ2v) is 8.02. The fourth-order valence-corrected chi connectivity index (χ4v) is 4.80. The van der Waals surface area contributed by atoms with Crippen molar-refractivity contribution in [3.8, 4) is 0 Å². The largest absolute Gasteiger partial charge is 0.378 e. The minimum atomic E-state index is -3.78. The van der Waals surface area contributed by atoms with E-state index >= 15 is 0 Å². The topological polar surface area (TPSA) is 75.7 Å². The van der Waals surface area contributed by atoms with Crippen molar-refractivity contribution in [2.45, 2.75) is 45.6 Å². The third-order valence-electron chi connectivity index (χ3n) is 4.59. The molecule has 1 aromatic rings. The highest BCUT2D eigenvalue weighted by Gasteiger charge is 2.29. The van der Waals surface area contributed by atoms with Crippen LogP contribution in [0.5, 0.6) is 0 Å². The Hall–Kier alpha value is -1.44. The Morgan fingerprint density at radius 1 is 1.12 bits per heavy atom. The molecule has 0 aromatic heterocycles. The summed E-state index contributed by atoms with van der Waals surface area (Å²) in [5, 5.41) is 0. The predicted octanol–water partition coefficient (Wildman–Crippen LogP) is 1.45. The lowest BCUT2D eigenvalue weighted by Crippen LogP contribution is -2.50. The summed E-state index contributed by atoms with van der Waals surface area (Å²) >= 11 is 0. The van der Waals surface area contributed by atoms with Gasteiger partial charge in [-0.05, 0) is 56.9 Å². The van der Waals surface area contributed by atoms with E-state index < -0.39 is 16.1 Å². The number of aryl methyl sites for hydroxylation is 2. The summed E-state index contributed by atoms with van der Waals surface area (Å²) in [5.41, 5.74) is 3.28. The van der Waals surface area contributed by atoms with Gasteiger partial charge in [-0.25, -0.2) is 8.42 Å². The molecule has 0 aliphatic carbocycles. The molecule has 0 spiro atoms. The molecular weight excluding hydrogens is 328 g/mol. The molecule has 2 rings (SSSR count). The first-order chi connectivity index (χ1) is 11.1.